The molecular weight excluding hydrogens is 453 g/mol. The van der Waals surface area contributed by atoms with Crippen molar-refractivity contribution in [1.82, 2.24) is 24.4 Å². The highest BCUT2D eigenvalue weighted by atomic mass is 19.1. The van der Waals surface area contributed by atoms with Crippen molar-refractivity contribution in [3.63, 3.8) is 0 Å². The Balaban J connectivity index is 1.55. The van der Waals surface area contributed by atoms with E-state index in [4.69, 9.17) is 0 Å². The molecule has 4 rings (SSSR count). The van der Waals surface area contributed by atoms with Crippen LogP contribution in [0.2, 0.25) is 0 Å². The van der Waals surface area contributed by atoms with Gasteiger partial charge in [-0.25, -0.2) is 18.7 Å². The van der Waals surface area contributed by atoms with Crippen LogP contribution in [-0.4, -0.2) is 77.5 Å². The van der Waals surface area contributed by atoms with Gasteiger partial charge in [-0.2, -0.15) is 5.10 Å². The number of carbonyl (C=O) groups is 2. The van der Waals surface area contributed by atoms with E-state index >= 15 is 0 Å². The molecular formula is C25H36FN5O4. The van der Waals surface area contributed by atoms with Gasteiger partial charge in [0.1, 0.15) is 18.5 Å². The van der Waals surface area contributed by atoms with Crippen molar-refractivity contribution in [2.75, 3.05) is 13.1 Å². The van der Waals surface area contributed by atoms with Crippen LogP contribution < -0.4 is 0 Å². The fourth-order valence-electron chi connectivity index (χ4n) is 5.78. The first-order valence-corrected chi connectivity index (χ1v) is 12.4. The summed E-state index contributed by atoms with van der Waals surface area (Å²) in [5.41, 5.74) is -0.364. The number of carbonyl (C=O) groups excluding carboxylic acids is 1. The van der Waals surface area contributed by atoms with Crippen molar-refractivity contribution in [1.29, 1.82) is 0 Å². The van der Waals surface area contributed by atoms with Crippen molar-refractivity contribution in [2.24, 2.45) is 11.8 Å². The quantitative estimate of drug-likeness (QED) is 0.665. The van der Waals surface area contributed by atoms with Gasteiger partial charge in [-0.05, 0) is 70.8 Å². The minimum atomic E-state index is -1.16. The van der Waals surface area contributed by atoms with Crippen molar-refractivity contribution >= 4 is 17.6 Å². The molecule has 2 aromatic rings. The molecule has 1 saturated heterocycles. The molecule has 1 aliphatic heterocycles. The summed E-state index contributed by atoms with van der Waals surface area (Å²) in [5.74, 6) is -0.585. The molecule has 0 unspecified atom stereocenters. The summed E-state index contributed by atoms with van der Waals surface area (Å²) in [5, 5.41) is 25.7. The standard InChI is InChI=1S/C25H36FN5O4/c1-16(21(31(23(33)34)24(2,3)4)22(32)29-12-9-19(26)14-29)17-7-10-25(35,11-8-17)18-5-6-20-27-15-28-30(20)13-18/h5-6,13,15-17,19,21,35H,7-12,14H2,1-4H3,(H,33,34)/t16-,17?,19-,21-,25?/m0/s1. The Morgan fingerprint density at radius 2 is 1.91 bits per heavy atom. The number of aliphatic hydroxyl groups is 1. The molecule has 1 saturated carbocycles. The molecule has 192 valence electrons. The molecule has 0 radical (unpaired) electrons. The molecule has 2 N–H and O–H groups in total. The zero-order valence-corrected chi connectivity index (χ0v) is 20.9. The van der Waals surface area contributed by atoms with Crippen LogP contribution in [0.15, 0.2) is 24.7 Å². The van der Waals surface area contributed by atoms with E-state index in [1.807, 2.05) is 19.1 Å². The van der Waals surface area contributed by atoms with Gasteiger partial charge in [0.25, 0.3) is 0 Å². The van der Waals surface area contributed by atoms with Crippen LogP contribution in [0.4, 0.5) is 9.18 Å². The van der Waals surface area contributed by atoms with Gasteiger partial charge in [0, 0.05) is 23.8 Å². The van der Waals surface area contributed by atoms with Gasteiger partial charge in [0.2, 0.25) is 5.91 Å². The summed E-state index contributed by atoms with van der Waals surface area (Å²) in [6.45, 7) is 7.55. The van der Waals surface area contributed by atoms with Gasteiger partial charge in [0.05, 0.1) is 12.1 Å². The Morgan fingerprint density at radius 3 is 2.49 bits per heavy atom. The largest absolute Gasteiger partial charge is 0.465 e. The summed E-state index contributed by atoms with van der Waals surface area (Å²) in [6.07, 6.45) is 3.56. The highest BCUT2D eigenvalue weighted by Crippen LogP contribution is 2.44. The highest BCUT2D eigenvalue weighted by molar-refractivity contribution is 5.86. The first-order chi connectivity index (χ1) is 16.4. The zero-order chi connectivity index (χ0) is 25.5. The van der Waals surface area contributed by atoms with Gasteiger partial charge >= 0.3 is 6.09 Å². The number of halogens is 1. The van der Waals surface area contributed by atoms with Gasteiger partial charge in [0.15, 0.2) is 5.65 Å². The van der Waals surface area contributed by atoms with E-state index in [1.165, 1.54) is 16.1 Å². The minimum Gasteiger partial charge on any atom is -0.465 e. The van der Waals surface area contributed by atoms with E-state index in [0.29, 0.717) is 37.9 Å². The maximum absolute atomic E-state index is 13.9. The first kappa shape index (κ1) is 25.3. The second-order valence-electron chi connectivity index (χ2n) is 11.1. The molecule has 2 aliphatic rings. The van der Waals surface area contributed by atoms with E-state index in [-0.39, 0.29) is 30.7 Å². The summed E-state index contributed by atoms with van der Waals surface area (Å²) in [6, 6.07) is 2.78. The van der Waals surface area contributed by atoms with Gasteiger partial charge in [-0.15, -0.1) is 0 Å². The molecule has 10 heteroatoms. The number of pyridine rings is 1. The predicted molar refractivity (Wildman–Crippen MR) is 128 cm³/mol. The molecule has 0 spiro atoms. The third-order valence-electron chi connectivity index (χ3n) is 7.81. The predicted octanol–water partition coefficient (Wildman–Crippen LogP) is 3.46. The average molecular weight is 490 g/mol. The van der Waals surface area contributed by atoms with Crippen LogP contribution in [-0.2, 0) is 10.4 Å². The van der Waals surface area contributed by atoms with Crippen LogP contribution in [0.25, 0.3) is 5.65 Å². The molecule has 2 fully saturated rings. The van der Waals surface area contributed by atoms with Crippen molar-refractivity contribution < 1.29 is 24.2 Å². The monoisotopic (exact) mass is 489 g/mol. The topological polar surface area (TPSA) is 111 Å². The minimum absolute atomic E-state index is 0.00877. The van der Waals surface area contributed by atoms with E-state index in [1.54, 1.807) is 31.5 Å². The Hall–Kier alpha value is -2.75. The molecule has 9 nitrogen and oxygen atoms in total. The van der Waals surface area contributed by atoms with Gasteiger partial charge < -0.3 is 15.1 Å². The number of aromatic nitrogens is 3. The van der Waals surface area contributed by atoms with Crippen LogP contribution in [0, 0.1) is 11.8 Å². The SMILES string of the molecule is C[C@@H](C1CCC(O)(c2ccc3ncnn3c2)CC1)[C@@H](C(=O)N1CC[C@H](F)C1)N(C(=O)O)C(C)(C)C. The summed E-state index contributed by atoms with van der Waals surface area (Å²) in [7, 11) is 0. The molecule has 3 atom stereocenters. The Labute approximate surface area is 204 Å². The Kier molecular flexibility index (Phi) is 6.78. The second kappa shape index (κ2) is 9.37. The number of alkyl halides is 1. The van der Waals surface area contributed by atoms with Gasteiger partial charge in [-0.1, -0.05) is 13.0 Å². The van der Waals surface area contributed by atoms with Crippen molar-refractivity contribution in [3.8, 4) is 0 Å². The highest BCUT2D eigenvalue weighted by Gasteiger charge is 2.47. The Bertz CT molecular complexity index is 1080. The Morgan fingerprint density at radius 1 is 1.23 bits per heavy atom. The molecule has 2 amide bonds. The fourth-order valence-corrected chi connectivity index (χ4v) is 5.78. The normalized spacial score (nSPS) is 27.1. The maximum atomic E-state index is 13.9. The molecule has 3 heterocycles. The third kappa shape index (κ3) is 4.98. The van der Waals surface area contributed by atoms with Crippen LogP contribution >= 0.6 is 0 Å². The smallest absolute Gasteiger partial charge is 0.408 e. The van der Waals surface area contributed by atoms with E-state index in [9.17, 15) is 24.2 Å². The number of amides is 2. The van der Waals surface area contributed by atoms with Crippen molar-refractivity contribution in [2.45, 2.75) is 83.2 Å². The number of likely N-dealkylation sites (tertiary alicyclic amines) is 1. The molecule has 0 bridgehead atoms. The average Bonchev–Trinajstić information content (AvgIpc) is 3.44. The number of hydrogen-bond donors (Lipinski definition) is 2. The summed E-state index contributed by atoms with van der Waals surface area (Å²) >= 11 is 0. The number of fused-ring (bicyclic) bond motifs is 1. The van der Waals surface area contributed by atoms with Crippen molar-refractivity contribution in [3.05, 3.63) is 30.2 Å². The second-order valence-corrected chi connectivity index (χ2v) is 11.1. The van der Waals surface area contributed by atoms with Gasteiger partial charge in [-0.3, -0.25) is 9.69 Å². The first-order valence-electron chi connectivity index (χ1n) is 12.4. The number of hydrogen-bond acceptors (Lipinski definition) is 5. The van der Waals surface area contributed by atoms with E-state index < -0.39 is 29.4 Å². The number of nitrogens with zero attached hydrogens (tertiary/aromatic N) is 5. The van der Waals surface area contributed by atoms with E-state index in [0.717, 1.165) is 5.56 Å². The van der Waals surface area contributed by atoms with Crippen LogP contribution in [0.3, 0.4) is 0 Å². The van der Waals surface area contributed by atoms with Crippen LogP contribution in [0.5, 0.6) is 0 Å². The summed E-state index contributed by atoms with van der Waals surface area (Å²) in [4.78, 5) is 32.8. The van der Waals surface area contributed by atoms with E-state index in [2.05, 4.69) is 10.1 Å². The lowest BCUT2D eigenvalue weighted by atomic mass is 9.69. The lowest BCUT2D eigenvalue weighted by Crippen LogP contribution is -2.60. The number of carboxylic acid groups (broad SMARTS) is 1. The zero-order valence-electron chi connectivity index (χ0n) is 20.9. The molecule has 35 heavy (non-hydrogen) atoms. The van der Waals surface area contributed by atoms with Crippen LogP contribution in [0.1, 0.15) is 65.4 Å². The molecule has 2 aromatic heterocycles. The third-order valence-corrected chi connectivity index (χ3v) is 7.81. The lowest BCUT2D eigenvalue weighted by molar-refractivity contribution is -0.141. The number of rotatable bonds is 5. The summed E-state index contributed by atoms with van der Waals surface area (Å²) < 4.78 is 15.5. The molecule has 1 aliphatic carbocycles. The molecule has 0 aromatic carbocycles. The maximum Gasteiger partial charge on any atom is 0.408 e. The lowest BCUT2D eigenvalue weighted by Gasteiger charge is -2.46. The fraction of sp³-hybridized carbons (Fsp3) is 0.680.